The van der Waals surface area contributed by atoms with Crippen LogP contribution in [0.1, 0.15) is 117 Å². The van der Waals surface area contributed by atoms with E-state index < -0.39 is 51.1 Å². The summed E-state index contributed by atoms with van der Waals surface area (Å²) < 4.78 is 32.3. The van der Waals surface area contributed by atoms with E-state index in [1.807, 2.05) is 18.2 Å². The van der Waals surface area contributed by atoms with Crippen LogP contribution in [0.2, 0.25) is 0 Å². The summed E-state index contributed by atoms with van der Waals surface area (Å²) in [6.45, 7) is 2.51. The number of carbonyl (C=O) groups is 3. The van der Waals surface area contributed by atoms with Gasteiger partial charge in [0.05, 0.1) is 13.2 Å². The Kier molecular flexibility index (Phi) is 29.6. The number of aliphatic carboxylic acids is 1. The summed E-state index contributed by atoms with van der Waals surface area (Å²) in [5.74, 6) is -2.51. The van der Waals surface area contributed by atoms with Crippen molar-refractivity contribution >= 4 is 25.7 Å². The van der Waals surface area contributed by atoms with Crippen molar-refractivity contribution in [2.45, 2.75) is 129 Å². The summed E-state index contributed by atoms with van der Waals surface area (Å²) in [5, 5.41) is 8.83. The summed E-state index contributed by atoms with van der Waals surface area (Å²) in [6, 6.07) is -1.53. The number of allylic oxidation sites excluding steroid dienone is 10. The van der Waals surface area contributed by atoms with E-state index in [-0.39, 0.29) is 19.4 Å². The van der Waals surface area contributed by atoms with Gasteiger partial charge in [0.2, 0.25) is 0 Å². The summed E-state index contributed by atoms with van der Waals surface area (Å²) in [4.78, 5) is 45.5. The van der Waals surface area contributed by atoms with Crippen molar-refractivity contribution in [2.75, 3.05) is 19.8 Å². The fourth-order valence-electron chi connectivity index (χ4n) is 4.00. The highest BCUT2D eigenvalue weighted by Crippen LogP contribution is 2.43. The van der Waals surface area contributed by atoms with Crippen LogP contribution in [-0.2, 0) is 37.5 Å². The number of esters is 2. The van der Waals surface area contributed by atoms with E-state index in [4.69, 9.17) is 24.8 Å². The standard InChI is InChI=1S/C36H60NO10P/c1-3-5-7-9-11-13-15-16-18-20-22-24-26-28-35(39)47-32(30-45-48(42,43)46-31-33(37)36(40)41)29-44-34(38)27-25-23-21-19-17-14-12-10-8-6-4-2/h5,7,10-13,16,18,22,24,32-33H,3-4,6,8-9,14-15,17,19-21,23,25-31,37H2,1-2H3,(H,40,41)(H,42,43)/b7-5-,12-10-,13-11-,18-16-,24-22-. The van der Waals surface area contributed by atoms with Crippen LogP contribution in [0.15, 0.2) is 60.8 Å². The van der Waals surface area contributed by atoms with Crippen LogP contribution < -0.4 is 5.73 Å². The van der Waals surface area contributed by atoms with Gasteiger partial charge in [0.25, 0.3) is 0 Å². The molecule has 4 N–H and O–H groups in total. The smallest absolute Gasteiger partial charge is 0.472 e. The van der Waals surface area contributed by atoms with Gasteiger partial charge in [-0.25, -0.2) is 4.57 Å². The molecule has 0 fully saturated rings. The minimum atomic E-state index is -4.73. The second kappa shape index (κ2) is 31.4. The highest BCUT2D eigenvalue weighted by molar-refractivity contribution is 7.47. The first-order chi connectivity index (χ1) is 23.1. The third kappa shape index (κ3) is 30.5. The first kappa shape index (κ1) is 45.2. The lowest BCUT2D eigenvalue weighted by Crippen LogP contribution is -2.34. The van der Waals surface area contributed by atoms with Gasteiger partial charge in [-0.1, -0.05) is 107 Å². The van der Waals surface area contributed by atoms with Crippen molar-refractivity contribution in [2.24, 2.45) is 5.73 Å². The highest BCUT2D eigenvalue weighted by Gasteiger charge is 2.28. The molecule has 0 aromatic heterocycles. The van der Waals surface area contributed by atoms with E-state index in [0.717, 1.165) is 64.2 Å². The maximum atomic E-state index is 12.5. The van der Waals surface area contributed by atoms with Gasteiger partial charge in [0, 0.05) is 12.8 Å². The highest BCUT2D eigenvalue weighted by atomic mass is 31.2. The van der Waals surface area contributed by atoms with Gasteiger partial charge in [-0.05, 0) is 57.8 Å². The molecule has 0 amide bonds. The van der Waals surface area contributed by atoms with E-state index in [0.29, 0.717) is 12.8 Å². The Balaban J connectivity index is 4.65. The number of rotatable bonds is 31. The largest absolute Gasteiger partial charge is 0.480 e. The van der Waals surface area contributed by atoms with Crippen LogP contribution in [0.3, 0.4) is 0 Å². The predicted octanol–water partition coefficient (Wildman–Crippen LogP) is 8.05. The molecule has 0 aromatic carbocycles. The number of carboxylic acids is 1. The lowest BCUT2D eigenvalue weighted by molar-refractivity contribution is -0.161. The second-order valence-electron chi connectivity index (χ2n) is 11.3. The van der Waals surface area contributed by atoms with E-state index in [1.54, 1.807) is 0 Å². The van der Waals surface area contributed by atoms with Gasteiger partial charge < -0.3 is 25.2 Å². The number of carboxylic acid groups (broad SMARTS) is 1. The molecule has 0 aromatic rings. The van der Waals surface area contributed by atoms with Gasteiger partial charge in [-0.2, -0.15) is 0 Å². The number of unbranched alkanes of at least 4 members (excludes halogenated alkanes) is 7. The van der Waals surface area contributed by atoms with Crippen molar-refractivity contribution in [3.8, 4) is 0 Å². The predicted molar refractivity (Wildman–Crippen MR) is 189 cm³/mol. The fraction of sp³-hybridized carbons (Fsp3) is 0.639. The first-order valence-corrected chi connectivity index (χ1v) is 18.8. The molecule has 0 aliphatic heterocycles. The third-order valence-corrected chi connectivity index (χ3v) is 7.71. The van der Waals surface area contributed by atoms with E-state index in [2.05, 4.69) is 60.9 Å². The average molecular weight is 698 g/mol. The van der Waals surface area contributed by atoms with E-state index >= 15 is 0 Å². The minimum Gasteiger partial charge on any atom is -0.480 e. The number of hydrogen-bond donors (Lipinski definition) is 3. The molecular weight excluding hydrogens is 637 g/mol. The molecule has 48 heavy (non-hydrogen) atoms. The molecule has 0 saturated heterocycles. The molecule has 0 heterocycles. The van der Waals surface area contributed by atoms with Crippen LogP contribution >= 0.6 is 7.82 Å². The topological polar surface area (TPSA) is 172 Å². The van der Waals surface area contributed by atoms with Crippen LogP contribution in [0.4, 0.5) is 0 Å². The zero-order valence-corrected chi connectivity index (χ0v) is 29.9. The lowest BCUT2D eigenvalue weighted by Gasteiger charge is -2.20. The number of phosphoric acid groups is 1. The molecule has 0 spiro atoms. The number of phosphoric ester groups is 1. The zero-order chi connectivity index (χ0) is 35.7. The lowest BCUT2D eigenvalue weighted by atomic mass is 10.1. The molecule has 0 bridgehead atoms. The number of ether oxygens (including phenoxy) is 2. The molecule has 11 nitrogen and oxygen atoms in total. The summed E-state index contributed by atoms with van der Waals surface area (Å²) in [5.41, 5.74) is 5.29. The van der Waals surface area contributed by atoms with Crippen molar-refractivity contribution in [1.82, 2.24) is 0 Å². The van der Waals surface area contributed by atoms with E-state index in [1.165, 1.54) is 12.8 Å². The Labute approximate surface area is 287 Å². The van der Waals surface area contributed by atoms with E-state index in [9.17, 15) is 23.8 Å². The molecule has 0 saturated carbocycles. The maximum absolute atomic E-state index is 12.5. The zero-order valence-electron chi connectivity index (χ0n) is 29.0. The summed E-state index contributed by atoms with van der Waals surface area (Å²) in [7, 11) is -4.73. The van der Waals surface area contributed by atoms with Crippen molar-refractivity contribution in [3.63, 3.8) is 0 Å². The van der Waals surface area contributed by atoms with Crippen LogP contribution in [0.5, 0.6) is 0 Å². The number of carbonyl (C=O) groups excluding carboxylic acids is 2. The van der Waals surface area contributed by atoms with Gasteiger partial charge >= 0.3 is 25.7 Å². The monoisotopic (exact) mass is 697 g/mol. The Morgan fingerprint density at radius 2 is 1.21 bits per heavy atom. The second-order valence-corrected chi connectivity index (χ2v) is 12.7. The molecule has 3 unspecified atom stereocenters. The summed E-state index contributed by atoms with van der Waals surface area (Å²) in [6.07, 6.45) is 33.2. The Hall–Kier alpha value is -2.82. The Morgan fingerprint density at radius 3 is 1.83 bits per heavy atom. The Morgan fingerprint density at radius 1 is 0.667 bits per heavy atom. The third-order valence-electron chi connectivity index (χ3n) is 6.76. The van der Waals surface area contributed by atoms with Crippen LogP contribution in [-0.4, -0.2) is 59.9 Å². The normalized spacial score (nSPS) is 14.8. The van der Waals surface area contributed by atoms with Gasteiger partial charge in [-0.15, -0.1) is 0 Å². The van der Waals surface area contributed by atoms with Crippen LogP contribution in [0, 0.1) is 0 Å². The molecule has 0 rings (SSSR count). The SMILES string of the molecule is CC/C=C\C/C=C\C/C=C\C/C=C\CCC(=O)OC(COC(=O)CCCCCCC/C=C\CCCC)COP(=O)(O)OCC(N)C(=O)O. The average Bonchev–Trinajstić information content (AvgIpc) is 3.05. The summed E-state index contributed by atoms with van der Waals surface area (Å²) >= 11 is 0. The van der Waals surface area contributed by atoms with Crippen molar-refractivity contribution < 1.29 is 47.5 Å². The Bertz CT molecular complexity index is 1050. The number of nitrogens with two attached hydrogens (primary N) is 1. The quantitative estimate of drug-likeness (QED) is 0.0277. The van der Waals surface area contributed by atoms with Gasteiger partial charge in [0.15, 0.2) is 6.10 Å². The van der Waals surface area contributed by atoms with Gasteiger partial charge in [-0.3, -0.25) is 23.4 Å². The first-order valence-electron chi connectivity index (χ1n) is 17.3. The molecule has 0 aliphatic carbocycles. The molecule has 0 aliphatic rings. The molecule has 3 atom stereocenters. The van der Waals surface area contributed by atoms with Crippen molar-refractivity contribution in [1.29, 1.82) is 0 Å². The molecule has 0 radical (unpaired) electrons. The minimum absolute atomic E-state index is 0.0357. The number of hydrogen-bond acceptors (Lipinski definition) is 9. The molecule has 12 heteroatoms. The maximum Gasteiger partial charge on any atom is 0.472 e. The van der Waals surface area contributed by atoms with Gasteiger partial charge in [0.1, 0.15) is 12.6 Å². The van der Waals surface area contributed by atoms with Crippen molar-refractivity contribution in [3.05, 3.63) is 60.8 Å². The van der Waals surface area contributed by atoms with Crippen LogP contribution in [0.25, 0.3) is 0 Å². The molecule has 274 valence electrons. The molecular formula is C36H60NO10P. The fourth-order valence-corrected chi connectivity index (χ4v) is 4.78.